The van der Waals surface area contributed by atoms with Gasteiger partial charge in [-0.05, 0) is 37.3 Å². The number of benzene rings is 1. The minimum Gasteiger partial charge on any atom is -0.478 e. The van der Waals surface area contributed by atoms with E-state index in [1.54, 1.807) is 24.5 Å². The van der Waals surface area contributed by atoms with Crippen molar-refractivity contribution in [2.75, 3.05) is 27.2 Å². The Morgan fingerprint density at radius 2 is 2.04 bits per heavy atom. The van der Waals surface area contributed by atoms with Crippen molar-refractivity contribution in [3.63, 3.8) is 0 Å². The van der Waals surface area contributed by atoms with Gasteiger partial charge in [0.1, 0.15) is 0 Å². The van der Waals surface area contributed by atoms with Gasteiger partial charge in [0.15, 0.2) is 0 Å². The summed E-state index contributed by atoms with van der Waals surface area (Å²) in [5, 5.41) is 9.23. The number of rotatable bonds is 6. The highest BCUT2D eigenvalue weighted by Gasteiger charge is 2.31. The third-order valence-electron chi connectivity index (χ3n) is 4.91. The molecule has 1 aromatic heterocycles. The third kappa shape index (κ3) is 4.37. The van der Waals surface area contributed by atoms with E-state index in [9.17, 15) is 18.3 Å². The van der Waals surface area contributed by atoms with Crippen molar-refractivity contribution < 1.29 is 18.3 Å². The van der Waals surface area contributed by atoms with Gasteiger partial charge in [-0.1, -0.05) is 12.1 Å². The second-order valence-corrected chi connectivity index (χ2v) is 9.24. The summed E-state index contributed by atoms with van der Waals surface area (Å²) in [5.41, 5.74) is 2.27. The molecule has 2 heterocycles. The molecule has 0 bridgehead atoms. The van der Waals surface area contributed by atoms with Crippen molar-refractivity contribution in [1.29, 1.82) is 0 Å². The molecule has 1 aliphatic rings. The van der Waals surface area contributed by atoms with Gasteiger partial charge in [-0.25, -0.2) is 4.79 Å². The summed E-state index contributed by atoms with van der Waals surface area (Å²) in [5.74, 6) is -0.870. The molecule has 1 aromatic carbocycles. The van der Waals surface area contributed by atoms with Crippen LogP contribution in [-0.2, 0) is 16.6 Å². The molecule has 1 atom stereocenters. The third-order valence-corrected chi connectivity index (χ3v) is 6.82. The van der Waals surface area contributed by atoms with Crippen molar-refractivity contribution in [3.05, 3.63) is 47.9 Å². The zero-order valence-corrected chi connectivity index (χ0v) is 16.8. The molecule has 0 amide bonds. The van der Waals surface area contributed by atoms with Crippen LogP contribution in [0.15, 0.2) is 36.7 Å². The molecule has 1 N–H and O–H groups in total. The topological polar surface area (TPSA) is 104 Å². The molecule has 0 radical (unpaired) electrons. The van der Waals surface area contributed by atoms with Gasteiger partial charge in [0.05, 0.1) is 17.0 Å². The Bertz CT molecular complexity index is 962. The molecule has 0 spiro atoms. The molecule has 150 valence electrons. The number of hydrogen-bond donors (Lipinski definition) is 1. The molecule has 1 aliphatic heterocycles. The molecule has 9 heteroatoms. The lowest BCUT2D eigenvalue weighted by Gasteiger charge is -2.33. The minimum atomic E-state index is -3.44. The fraction of sp³-hybridized carbons (Fsp3) is 0.421. The summed E-state index contributed by atoms with van der Waals surface area (Å²) < 4.78 is 27.6. The number of piperidine rings is 1. The highest BCUT2D eigenvalue weighted by molar-refractivity contribution is 7.86. The van der Waals surface area contributed by atoms with Gasteiger partial charge in [-0.3, -0.25) is 9.97 Å². The summed E-state index contributed by atoms with van der Waals surface area (Å²) >= 11 is 0. The van der Waals surface area contributed by atoms with E-state index in [2.05, 4.69) is 9.97 Å². The Balaban J connectivity index is 1.84. The second kappa shape index (κ2) is 8.34. The van der Waals surface area contributed by atoms with E-state index >= 15 is 0 Å². The van der Waals surface area contributed by atoms with Crippen molar-refractivity contribution in [3.8, 4) is 11.3 Å². The first-order valence-electron chi connectivity index (χ1n) is 9.10. The first kappa shape index (κ1) is 20.4. The second-order valence-electron chi connectivity index (χ2n) is 7.10. The SMILES string of the molecule is CN(C)S(=O)(=O)N1CCC[C@H](Cc2nccnc2-c2cccc(C(=O)O)c2)C1. The Hall–Kier alpha value is -2.36. The number of nitrogens with zero attached hydrogens (tertiary/aromatic N) is 4. The van der Waals surface area contributed by atoms with E-state index in [0.717, 1.165) is 18.5 Å². The maximum absolute atomic E-state index is 12.4. The van der Waals surface area contributed by atoms with E-state index in [4.69, 9.17) is 0 Å². The normalized spacial score (nSPS) is 18.3. The fourth-order valence-electron chi connectivity index (χ4n) is 3.46. The molecule has 1 saturated heterocycles. The first-order chi connectivity index (χ1) is 13.3. The maximum atomic E-state index is 12.4. The molecule has 0 unspecified atom stereocenters. The summed E-state index contributed by atoms with van der Waals surface area (Å²) in [6, 6.07) is 6.61. The molecule has 28 heavy (non-hydrogen) atoms. The largest absolute Gasteiger partial charge is 0.478 e. The molecular formula is C19H24N4O4S. The van der Waals surface area contributed by atoms with Crippen molar-refractivity contribution in [2.24, 2.45) is 5.92 Å². The maximum Gasteiger partial charge on any atom is 0.335 e. The van der Waals surface area contributed by atoms with Crippen molar-refractivity contribution in [1.82, 2.24) is 18.6 Å². The molecule has 8 nitrogen and oxygen atoms in total. The molecule has 0 aliphatic carbocycles. The van der Waals surface area contributed by atoms with Crippen LogP contribution in [0.3, 0.4) is 0 Å². The van der Waals surface area contributed by atoms with Gasteiger partial charge in [0, 0.05) is 45.1 Å². The Kier molecular flexibility index (Phi) is 6.07. The van der Waals surface area contributed by atoms with Crippen LogP contribution in [0.25, 0.3) is 11.3 Å². The number of hydrogen-bond acceptors (Lipinski definition) is 5. The van der Waals surface area contributed by atoms with Gasteiger partial charge < -0.3 is 5.11 Å². The predicted molar refractivity (Wildman–Crippen MR) is 105 cm³/mol. The van der Waals surface area contributed by atoms with E-state index in [1.807, 2.05) is 6.07 Å². The molecule has 3 rings (SSSR count). The molecule has 2 aromatic rings. The zero-order valence-electron chi connectivity index (χ0n) is 15.9. The summed E-state index contributed by atoms with van der Waals surface area (Å²) in [4.78, 5) is 20.1. The monoisotopic (exact) mass is 404 g/mol. The van der Waals surface area contributed by atoms with Crippen LogP contribution in [-0.4, -0.2) is 65.3 Å². The van der Waals surface area contributed by atoms with E-state index in [-0.39, 0.29) is 11.5 Å². The smallest absolute Gasteiger partial charge is 0.335 e. The molecule has 0 saturated carbocycles. The summed E-state index contributed by atoms with van der Waals surface area (Å²) in [6.45, 7) is 0.955. The van der Waals surface area contributed by atoms with Crippen molar-refractivity contribution >= 4 is 16.2 Å². The number of aromatic nitrogens is 2. The number of carbonyl (C=O) groups is 1. The average molecular weight is 404 g/mol. The van der Waals surface area contributed by atoms with Gasteiger partial charge in [-0.15, -0.1) is 0 Å². The lowest BCUT2D eigenvalue weighted by atomic mass is 9.92. The van der Waals surface area contributed by atoms with E-state index in [1.165, 1.54) is 28.8 Å². The standard InChI is InChI=1S/C19H24N4O4S/c1-22(2)28(26,27)23-10-4-5-14(13-23)11-17-18(21-9-8-20-17)15-6-3-7-16(12-15)19(24)25/h3,6-9,12,14H,4-5,10-11,13H2,1-2H3,(H,24,25)/t14-/m1/s1. The van der Waals surface area contributed by atoms with Gasteiger partial charge in [0.2, 0.25) is 0 Å². The van der Waals surface area contributed by atoms with Crippen LogP contribution >= 0.6 is 0 Å². The van der Waals surface area contributed by atoms with Crippen LogP contribution in [0, 0.1) is 5.92 Å². The average Bonchev–Trinajstić information content (AvgIpc) is 2.68. The van der Waals surface area contributed by atoms with Crippen LogP contribution in [0.1, 0.15) is 28.9 Å². The lowest BCUT2D eigenvalue weighted by molar-refractivity contribution is 0.0697. The van der Waals surface area contributed by atoms with E-state index in [0.29, 0.717) is 30.8 Å². The lowest BCUT2D eigenvalue weighted by Crippen LogP contribution is -2.45. The number of aromatic carboxylic acids is 1. The highest BCUT2D eigenvalue weighted by atomic mass is 32.2. The Morgan fingerprint density at radius 1 is 1.29 bits per heavy atom. The fourth-order valence-corrected chi connectivity index (χ4v) is 4.69. The predicted octanol–water partition coefficient (Wildman–Crippen LogP) is 1.90. The quantitative estimate of drug-likeness (QED) is 0.789. The number of carboxylic acids is 1. The van der Waals surface area contributed by atoms with Crippen LogP contribution < -0.4 is 0 Å². The van der Waals surface area contributed by atoms with Gasteiger partial charge in [-0.2, -0.15) is 17.0 Å². The van der Waals surface area contributed by atoms with Crippen molar-refractivity contribution in [2.45, 2.75) is 19.3 Å². The summed E-state index contributed by atoms with van der Waals surface area (Å²) in [7, 11) is -0.363. The highest BCUT2D eigenvalue weighted by Crippen LogP contribution is 2.27. The Labute approximate surface area is 165 Å². The zero-order chi connectivity index (χ0) is 20.3. The van der Waals surface area contributed by atoms with Crippen LogP contribution in [0.5, 0.6) is 0 Å². The number of carboxylic acid groups (broad SMARTS) is 1. The van der Waals surface area contributed by atoms with E-state index < -0.39 is 16.2 Å². The molecular weight excluding hydrogens is 380 g/mol. The summed E-state index contributed by atoms with van der Waals surface area (Å²) in [6.07, 6.45) is 5.47. The first-order valence-corrected chi connectivity index (χ1v) is 10.5. The van der Waals surface area contributed by atoms with Gasteiger partial charge in [0.25, 0.3) is 10.2 Å². The van der Waals surface area contributed by atoms with Crippen LogP contribution in [0.2, 0.25) is 0 Å². The van der Waals surface area contributed by atoms with Gasteiger partial charge >= 0.3 is 5.97 Å². The molecule has 1 fully saturated rings. The van der Waals surface area contributed by atoms with Crippen LogP contribution in [0.4, 0.5) is 0 Å². The minimum absolute atomic E-state index is 0.126. The Morgan fingerprint density at radius 3 is 2.75 bits per heavy atom.